The Balaban J connectivity index is 3.18. The van der Waals surface area contributed by atoms with Gasteiger partial charge >= 0.3 is 0 Å². The Labute approximate surface area is 96.4 Å². The third-order valence-corrected chi connectivity index (χ3v) is 2.48. The summed E-state index contributed by atoms with van der Waals surface area (Å²) in [6, 6.07) is 0. The lowest BCUT2D eigenvalue weighted by Crippen LogP contribution is -2.36. The summed E-state index contributed by atoms with van der Waals surface area (Å²) < 4.78 is 0. The molecule has 0 saturated carbocycles. The van der Waals surface area contributed by atoms with Crippen LogP contribution in [-0.2, 0) is 0 Å². The van der Waals surface area contributed by atoms with Crippen molar-refractivity contribution in [3.63, 3.8) is 0 Å². The second-order valence-corrected chi connectivity index (χ2v) is 5.54. The van der Waals surface area contributed by atoms with Crippen LogP contribution in [0.5, 0.6) is 0 Å². The first kappa shape index (κ1) is 14.9. The van der Waals surface area contributed by atoms with E-state index < -0.39 is 0 Å². The van der Waals surface area contributed by atoms with Gasteiger partial charge in [-0.3, -0.25) is 0 Å². The van der Waals surface area contributed by atoms with Crippen LogP contribution in [0.4, 0.5) is 0 Å². The Kier molecular flexibility index (Phi) is 8.07. The van der Waals surface area contributed by atoms with Gasteiger partial charge in [-0.25, -0.2) is 0 Å². The summed E-state index contributed by atoms with van der Waals surface area (Å²) in [5.41, 5.74) is 0.277. The summed E-state index contributed by atoms with van der Waals surface area (Å²) in [4.78, 5) is 2.43. The zero-order valence-corrected chi connectivity index (χ0v) is 11.4. The first-order chi connectivity index (χ1) is 6.95. The molecule has 0 fully saturated rings. The van der Waals surface area contributed by atoms with Gasteiger partial charge in [0.25, 0.3) is 0 Å². The number of rotatable bonds is 8. The molecule has 0 amide bonds. The average molecular weight is 214 g/mol. The van der Waals surface area contributed by atoms with Crippen LogP contribution in [0.25, 0.3) is 0 Å². The van der Waals surface area contributed by atoms with Crippen molar-refractivity contribution in [3.8, 4) is 0 Å². The molecule has 1 N–H and O–H groups in total. The summed E-state index contributed by atoms with van der Waals surface area (Å²) in [5.74, 6) is 0. The van der Waals surface area contributed by atoms with Crippen molar-refractivity contribution in [2.24, 2.45) is 0 Å². The van der Waals surface area contributed by atoms with Gasteiger partial charge in [0, 0.05) is 5.54 Å². The van der Waals surface area contributed by atoms with E-state index in [9.17, 15) is 0 Å². The van der Waals surface area contributed by atoms with Gasteiger partial charge in [-0.15, -0.1) is 0 Å². The van der Waals surface area contributed by atoms with Crippen LogP contribution in [0.2, 0.25) is 0 Å². The highest BCUT2D eigenvalue weighted by molar-refractivity contribution is 4.69. The molecule has 0 unspecified atom stereocenters. The molecule has 0 aromatic carbocycles. The molecule has 0 aromatic heterocycles. The molecule has 92 valence electrons. The van der Waals surface area contributed by atoms with E-state index in [1.54, 1.807) is 0 Å². The zero-order chi connectivity index (χ0) is 11.7. The van der Waals surface area contributed by atoms with Gasteiger partial charge in [0.1, 0.15) is 0 Å². The molecule has 0 spiro atoms. The minimum Gasteiger partial charge on any atom is -0.312 e. The van der Waals surface area contributed by atoms with Crippen LogP contribution in [0, 0.1) is 0 Å². The van der Waals surface area contributed by atoms with Crippen molar-refractivity contribution in [1.82, 2.24) is 10.2 Å². The van der Waals surface area contributed by atoms with E-state index in [1.807, 2.05) is 0 Å². The largest absolute Gasteiger partial charge is 0.312 e. The van der Waals surface area contributed by atoms with E-state index >= 15 is 0 Å². The third kappa shape index (κ3) is 11.8. The maximum absolute atomic E-state index is 3.52. The lowest BCUT2D eigenvalue weighted by Gasteiger charge is -2.20. The van der Waals surface area contributed by atoms with Crippen molar-refractivity contribution in [1.29, 1.82) is 0 Å². The van der Waals surface area contributed by atoms with Crippen LogP contribution in [0.15, 0.2) is 0 Å². The Bertz CT molecular complexity index is 138. The van der Waals surface area contributed by atoms with Crippen molar-refractivity contribution in [3.05, 3.63) is 0 Å². The molecule has 0 aromatic rings. The second-order valence-electron chi connectivity index (χ2n) is 5.54. The molecule has 0 aliphatic rings. The minimum atomic E-state index is 0.277. The molecular formula is C13H30N2. The standard InChI is InChI=1S/C13H30N2/c1-6-11-15(5)12-9-7-8-10-14-13(2,3)4/h14H,6-12H2,1-5H3. The number of nitrogens with zero attached hydrogens (tertiary/aromatic N) is 1. The van der Waals surface area contributed by atoms with Gasteiger partial charge in [-0.2, -0.15) is 0 Å². The lowest BCUT2D eigenvalue weighted by molar-refractivity contribution is 0.322. The van der Waals surface area contributed by atoms with E-state index in [0.717, 1.165) is 6.54 Å². The topological polar surface area (TPSA) is 15.3 Å². The van der Waals surface area contributed by atoms with Gasteiger partial charge in [0.15, 0.2) is 0 Å². The Morgan fingerprint density at radius 3 is 2.20 bits per heavy atom. The third-order valence-electron chi connectivity index (χ3n) is 2.48. The van der Waals surface area contributed by atoms with Crippen LogP contribution in [0.3, 0.4) is 0 Å². The highest BCUT2D eigenvalue weighted by atomic mass is 15.1. The minimum absolute atomic E-state index is 0.277. The summed E-state index contributed by atoms with van der Waals surface area (Å²) in [6.45, 7) is 12.6. The number of unbranched alkanes of at least 4 members (excludes halogenated alkanes) is 2. The van der Waals surface area contributed by atoms with Crippen molar-refractivity contribution in [2.75, 3.05) is 26.7 Å². The van der Waals surface area contributed by atoms with Crippen molar-refractivity contribution >= 4 is 0 Å². The highest BCUT2D eigenvalue weighted by Crippen LogP contribution is 2.01. The molecule has 0 heterocycles. The number of nitrogens with one attached hydrogen (secondary N) is 1. The summed E-state index contributed by atoms with van der Waals surface area (Å²) in [7, 11) is 2.22. The van der Waals surface area contributed by atoms with Crippen LogP contribution >= 0.6 is 0 Å². The maximum atomic E-state index is 3.52. The van der Waals surface area contributed by atoms with Gasteiger partial charge < -0.3 is 10.2 Å². The molecule has 0 atom stereocenters. The van der Waals surface area contributed by atoms with Gasteiger partial charge in [0.2, 0.25) is 0 Å². The molecule has 2 nitrogen and oxygen atoms in total. The van der Waals surface area contributed by atoms with Crippen molar-refractivity contribution in [2.45, 2.75) is 58.9 Å². The van der Waals surface area contributed by atoms with E-state index in [-0.39, 0.29) is 5.54 Å². The predicted octanol–water partition coefficient (Wildman–Crippen LogP) is 2.89. The number of hydrogen-bond acceptors (Lipinski definition) is 2. The molecular weight excluding hydrogens is 184 g/mol. The molecule has 0 aliphatic heterocycles. The Morgan fingerprint density at radius 1 is 1.00 bits per heavy atom. The quantitative estimate of drug-likeness (QED) is 0.625. The molecule has 0 saturated heterocycles. The summed E-state index contributed by atoms with van der Waals surface area (Å²) in [5, 5.41) is 3.52. The van der Waals surface area contributed by atoms with Crippen molar-refractivity contribution < 1.29 is 0 Å². The average Bonchev–Trinajstić information content (AvgIpc) is 2.09. The Morgan fingerprint density at radius 2 is 1.67 bits per heavy atom. The second kappa shape index (κ2) is 8.12. The maximum Gasteiger partial charge on any atom is 0.00965 e. The SMILES string of the molecule is CCCN(C)CCCCCNC(C)(C)C. The first-order valence-corrected chi connectivity index (χ1v) is 6.39. The van der Waals surface area contributed by atoms with Gasteiger partial charge in [-0.1, -0.05) is 13.3 Å². The number of hydrogen-bond donors (Lipinski definition) is 1. The fourth-order valence-corrected chi connectivity index (χ4v) is 1.64. The smallest absolute Gasteiger partial charge is 0.00965 e. The van der Waals surface area contributed by atoms with Crippen LogP contribution in [-0.4, -0.2) is 37.1 Å². The fourth-order valence-electron chi connectivity index (χ4n) is 1.64. The highest BCUT2D eigenvalue weighted by Gasteiger charge is 2.06. The first-order valence-electron chi connectivity index (χ1n) is 6.39. The van der Waals surface area contributed by atoms with Gasteiger partial charge in [-0.05, 0) is 66.7 Å². The van der Waals surface area contributed by atoms with E-state index in [1.165, 1.54) is 38.8 Å². The van der Waals surface area contributed by atoms with E-state index in [2.05, 4.69) is 45.0 Å². The summed E-state index contributed by atoms with van der Waals surface area (Å²) in [6.07, 6.45) is 5.25. The molecule has 0 bridgehead atoms. The Hall–Kier alpha value is -0.0800. The monoisotopic (exact) mass is 214 g/mol. The predicted molar refractivity (Wildman–Crippen MR) is 69.4 cm³/mol. The fraction of sp³-hybridized carbons (Fsp3) is 1.00. The van der Waals surface area contributed by atoms with Crippen LogP contribution in [0.1, 0.15) is 53.4 Å². The van der Waals surface area contributed by atoms with E-state index in [4.69, 9.17) is 0 Å². The van der Waals surface area contributed by atoms with E-state index in [0.29, 0.717) is 0 Å². The van der Waals surface area contributed by atoms with Crippen LogP contribution < -0.4 is 5.32 Å². The van der Waals surface area contributed by atoms with Gasteiger partial charge in [0.05, 0.1) is 0 Å². The molecule has 15 heavy (non-hydrogen) atoms. The molecule has 0 aliphatic carbocycles. The zero-order valence-electron chi connectivity index (χ0n) is 11.4. The molecule has 2 heteroatoms. The molecule has 0 radical (unpaired) electrons. The normalized spacial score (nSPS) is 12.4. The molecule has 0 rings (SSSR count). The lowest BCUT2D eigenvalue weighted by atomic mass is 10.1. The summed E-state index contributed by atoms with van der Waals surface area (Å²) >= 11 is 0.